The molecule has 2 N–H and O–H groups in total. The number of rotatable bonds is 3. The summed E-state index contributed by atoms with van der Waals surface area (Å²) in [7, 11) is 0. The van der Waals surface area contributed by atoms with Crippen molar-refractivity contribution in [2.75, 3.05) is 0 Å². The average molecular weight is 261 g/mol. The molecule has 0 radical (unpaired) electrons. The molecule has 2 rings (SSSR count). The second-order valence-corrected chi connectivity index (χ2v) is 3.06. The summed E-state index contributed by atoms with van der Waals surface area (Å²) in [6, 6.07) is 5.87. The van der Waals surface area contributed by atoms with Crippen LogP contribution in [0.15, 0.2) is 36.9 Å². The zero-order chi connectivity index (χ0) is 9.80. The van der Waals surface area contributed by atoms with Crippen molar-refractivity contribution in [3.63, 3.8) is 0 Å². The molecule has 0 saturated heterocycles. The van der Waals surface area contributed by atoms with Crippen LogP contribution >= 0.6 is 24.8 Å². The van der Waals surface area contributed by atoms with Gasteiger partial charge in [-0.3, -0.25) is 4.98 Å². The molecule has 0 atom stereocenters. The van der Waals surface area contributed by atoms with Gasteiger partial charge in [0, 0.05) is 18.9 Å². The molecule has 0 saturated carbocycles. The van der Waals surface area contributed by atoms with E-state index in [0.717, 1.165) is 17.9 Å². The number of pyridine rings is 1. The van der Waals surface area contributed by atoms with Crippen LogP contribution in [-0.2, 0) is 13.1 Å². The van der Waals surface area contributed by atoms with Gasteiger partial charge in [-0.1, -0.05) is 6.07 Å². The van der Waals surface area contributed by atoms with Gasteiger partial charge in [0.05, 0.1) is 24.3 Å². The van der Waals surface area contributed by atoms with E-state index >= 15 is 0 Å². The lowest BCUT2D eigenvalue weighted by molar-refractivity contribution is 0.772. The second-order valence-electron chi connectivity index (χ2n) is 3.06. The summed E-state index contributed by atoms with van der Waals surface area (Å²) in [4.78, 5) is 8.37. The van der Waals surface area contributed by atoms with Gasteiger partial charge < -0.3 is 10.3 Å². The number of halogens is 2. The molecule has 4 nitrogen and oxygen atoms in total. The van der Waals surface area contributed by atoms with E-state index in [1.54, 1.807) is 12.5 Å². The fraction of sp³-hybridized carbons (Fsp3) is 0.200. The molecular weight excluding hydrogens is 247 g/mol. The number of nitrogens with zero attached hydrogens (tertiary/aromatic N) is 3. The van der Waals surface area contributed by atoms with Crippen molar-refractivity contribution in [3.05, 3.63) is 48.3 Å². The van der Waals surface area contributed by atoms with Crippen LogP contribution in [0.4, 0.5) is 0 Å². The number of hydrogen-bond acceptors (Lipinski definition) is 3. The first-order chi connectivity index (χ1) is 6.88. The molecule has 2 heterocycles. The molecule has 0 aliphatic heterocycles. The third kappa shape index (κ3) is 3.81. The highest BCUT2D eigenvalue weighted by molar-refractivity contribution is 5.85. The first-order valence-corrected chi connectivity index (χ1v) is 4.49. The molecule has 0 fully saturated rings. The van der Waals surface area contributed by atoms with Crippen LogP contribution in [0.1, 0.15) is 11.4 Å². The Morgan fingerprint density at radius 1 is 1.12 bits per heavy atom. The van der Waals surface area contributed by atoms with Gasteiger partial charge in [0.15, 0.2) is 0 Å². The minimum absolute atomic E-state index is 0. The lowest BCUT2D eigenvalue weighted by atomic mass is 10.3. The van der Waals surface area contributed by atoms with Crippen LogP contribution in [-0.4, -0.2) is 14.5 Å². The third-order valence-corrected chi connectivity index (χ3v) is 1.97. The topological polar surface area (TPSA) is 56.7 Å². The highest BCUT2D eigenvalue weighted by atomic mass is 35.5. The monoisotopic (exact) mass is 260 g/mol. The molecule has 0 unspecified atom stereocenters. The predicted molar refractivity (Wildman–Crippen MR) is 68.0 cm³/mol. The van der Waals surface area contributed by atoms with Crippen LogP contribution in [0.2, 0.25) is 0 Å². The van der Waals surface area contributed by atoms with Crippen LogP contribution in [0, 0.1) is 0 Å². The smallest absolute Gasteiger partial charge is 0.0953 e. The summed E-state index contributed by atoms with van der Waals surface area (Å²) in [6.45, 7) is 1.23. The standard InChI is InChI=1S/C10H12N4.2ClH/c11-5-10-7-14(8-13-10)6-9-3-1-2-4-12-9;;/h1-4,7-8H,5-6,11H2;2*1H. The maximum Gasteiger partial charge on any atom is 0.0953 e. The normalized spacial score (nSPS) is 9.06. The van der Waals surface area contributed by atoms with Gasteiger partial charge >= 0.3 is 0 Å². The average Bonchev–Trinajstić information content (AvgIpc) is 2.67. The van der Waals surface area contributed by atoms with Crippen LogP contribution in [0.25, 0.3) is 0 Å². The Kier molecular flexibility index (Phi) is 6.72. The Labute approximate surface area is 107 Å². The molecule has 16 heavy (non-hydrogen) atoms. The highest BCUT2D eigenvalue weighted by Gasteiger charge is 1.97. The summed E-state index contributed by atoms with van der Waals surface area (Å²) >= 11 is 0. The Hall–Kier alpha value is -1.10. The first-order valence-electron chi connectivity index (χ1n) is 4.49. The van der Waals surface area contributed by atoms with Gasteiger partial charge in [0.1, 0.15) is 0 Å². The number of imidazole rings is 1. The lowest BCUT2D eigenvalue weighted by Gasteiger charge is -1.99. The highest BCUT2D eigenvalue weighted by Crippen LogP contribution is 2.00. The van der Waals surface area contributed by atoms with E-state index in [4.69, 9.17) is 5.73 Å². The van der Waals surface area contributed by atoms with Crippen LogP contribution < -0.4 is 5.73 Å². The molecule has 2 aromatic rings. The number of aromatic nitrogens is 3. The van der Waals surface area contributed by atoms with Gasteiger partial charge in [0.2, 0.25) is 0 Å². The van der Waals surface area contributed by atoms with Crippen molar-refractivity contribution < 1.29 is 0 Å². The molecule has 0 spiro atoms. The van der Waals surface area contributed by atoms with Crippen molar-refractivity contribution in [3.8, 4) is 0 Å². The van der Waals surface area contributed by atoms with E-state index in [1.165, 1.54) is 0 Å². The largest absolute Gasteiger partial charge is 0.331 e. The van der Waals surface area contributed by atoms with Crippen molar-refractivity contribution in [1.29, 1.82) is 0 Å². The maximum absolute atomic E-state index is 5.47. The Morgan fingerprint density at radius 3 is 2.50 bits per heavy atom. The Balaban J connectivity index is 0.00000112. The molecule has 0 amide bonds. The molecule has 6 heteroatoms. The van der Waals surface area contributed by atoms with Crippen molar-refractivity contribution in [1.82, 2.24) is 14.5 Å². The van der Waals surface area contributed by atoms with E-state index < -0.39 is 0 Å². The lowest BCUT2D eigenvalue weighted by Crippen LogP contribution is -1.99. The second kappa shape index (κ2) is 7.22. The first kappa shape index (κ1) is 14.9. The van der Waals surface area contributed by atoms with E-state index in [2.05, 4.69) is 9.97 Å². The van der Waals surface area contributed by atoms with E-state index in [-0.39, 0.29) is 24.8 Å². The Morgan fingerprint density at radius 2 is 1.94 bits per heavy atom. The number of nitrogens with two attached hydrogens (primary N) is 1. The molecular formula is C10H14Cl2N4. The summed E-state index contributed by atoms with van der Waals surface area (Å²) in [5.41, 5.74) is 7.39. The van der Waals surface area contributed by atoms with Gasteiger partial charge in [0.25, 0.3) is 0 Å². The van der Waals surface area contributed by atoms with E-state index in [0.29, 0.717) is 6.54 Å². The van der Waals surface area contributed by atoms with Gasteiger partial charge in [-0.05, 0) is 12.1 Å². The molecule has 2 aromatic heterocycles. The van der Waals surface area contributed by atoms with Crippen molar-refractivity contribution in [2.45, 2.75) is 13.1 Å². The quantitative estimate of drug-likeness (QED) is 0.913. The molecule has 88 valence electrons. The maximum atomic E-state index is 5.47. The summed E-state index contributed by atoms with van der Waals surface area (Å²) in [5, 5.41) is 0. The minimum atomic E-state index is 0. The minimum Gasteiger partial charge on any atom is -0.331 e. The molecule has 0 aliphatic carbocycles. The fourth-order valence-electron chi connectivity index (χ4n) is 1.28. The van der Waals surface area contributed by atoms with Crippen LogP contribution in [0.5, 0.6) is 0 Å². The van der Waals surface area contributed by atoms with E-state index in [9.17, 15) is 0 Å². The van der Waals surface area contributed by atoms with Gasteiger partial charge in [-0.25, -0.2) is 4.98 Å². The molecule has 0 aliphatic rings. The zero-order valence-corrected chi connectivity index (χ0v) is 10.2. The Bertz CT molecular complexity index is 402. The molecule has 0 aromatic carbocycles. The summed E-state index contributed by atoms with van der Waals surface area (Å²) < 4.78 is 1.98. The van der Waals surface area contributed by atoms with Gasteiger partial charge in [-0.15, -0.1) is 24.8 Å². The van der Waals surface area contributed by atoms with E-state index in [1.807, 2.05) is 29.0 Å². The summed E-state index contributed by atoms with van der Waals surface area (Å²) in [6.07, 6.45) is 5.50. The fourth-order valence-corrected chi connectivity index (χ4v) is 1.28. The van der Waals surface area contributed by atoms with Gasteiger partial charge in [-0.2, -0.15) is 0 Å². The SMILES string of the molecule is Cl.Cl.NCc1cn(Cc2ccccn2)cn1. The summed E-state index contributed by atoms with van der Waals surface area (Å²) in [5.74, 6) is 0. The van der Waals surface area contributed by atoms with Crippen LogP contribution in [0.3, 0.4) is 0 Å². The zero-order valence-electron chi connectivity index (χ0n) is 8.61. The molecule has 0 bridgehead atoms. The van der Waals surface area contributed by atoms with Crippen molar-refractivity contribution in [2.24, 2.45) is 5.73 Å². The van der Waals surface area contributed by atoms with Crippen molar-refractivity contribution >= 4 is 24.8 Å². The number of hydrogen-bond donors (Lipinski definition) is 1. The predicted octanol–water partition coefficient (Wildman–Crippen LogP) is 1.63. The third-order valence-electron chi connectivity index (χ3n) is 1.97.